The Morgan fingerprint density at radius 2 is 2.58 bits per heavy atom. The van der Waals surface area contributed by atoms with Gasteiger partial charge in [-0.15, -0.1) is 0 Å². The van der Waals surface area contributed by atoms with Crippen LogP contribution in [0.25, 0.3) is 0 Å². The van der Waals surface area contributed by atoms with E-state index >= 15 is 0 Å². The van der Waals surface area contributed by atoms with Crippen LogP contribution in [0.5, 0.6) is 0 Å². The summed E-state index contributed by atoms with van der Waals surface area (Å²) >= 11 is 2.87. The molecule has 0 unspecified atom stereocenters. The molecule has 0 aliphatic heterocycles. The summed E-state index contributed by atoms with van der Waals surface area (Å²) < 4.78 is 0. The lowest BCUT2D eigenvalue weighted by molar-refractivity contribution is -0.109. The van der Waals surface area contributed by atoms with Gasteiger partial charge in [0.15, 0.2) is 5.12 Å². The van der Waals surface area contributed by atoms with Crippen molar-refractivity contribution < 1.29 is 4.79 Å². The first-order chi connectivity index (χ1) is 5.79. The molecular formula is C9H8OS2. The first-order valence-electron chi connectivity index (χ1n) is 3.43. The smallest absolute Gasteiger partial charge is 0.186 e. The van der Waals surface area contributed by atoms with Crippen molar-refractivity contribution in [3.8, 4) is 11.8 Å². The zero-order valence-electron chi connectivity index (χ0n) is 6.66. The summed E-state index contributed by atoms with van der Waals surface area (Å²) in [5.41, 5.74) is 1.03. The van der Waals surface area contributed by atoms with Crippen molar-refractivity contribution in [2.75, 3.05) is 5.75 Å². The van der Waals surface area contributed by atoms with Gasteiger partial charge in [0.2, 0.25) is 0 Å². The SMILES string of the molecule is CC(=O)SCC#Cc1ccsc1. The Kier molecular flexibility index (Phi) is 3.92. The molecular weight excluding hydrogens is 188 g/mol. The molecule has 0 aliphatic carbocycles. The minimum Gasteiger partial charge on any atom is -0.288 e. The lowest BCUT2D eigenvalue weighted by Crippen LogP contribution is -1.81. The van der Waals surface area contributed by atoms with Crippen LogP contribution in [0.2, 0.25) is 0 Å². The van der Waals surface area contributed by atoms with Gasteiger partial charge in [-0.25, -0.2) is 0 Å². The van der Waals surface area contributed by atoms with Gasteiger partial charge >= 0.3 is 0 Å². The molecule has 0 saturated carbocycles. The third-order valence-corrected chi connectivity index (χ3v) is 2.48. The largest absolute Gasteiger partial charge is 0.288 e. The molecule has 1 aromatic heterocycles. The van der Waals surface area contributed by atoms with Crippen LogP contribution < -0.4 is 0 Å². The number of thiophene rings is 1. The Morgan fingerprint density at radius 1 is 1.75 bits per heavy atom. The number of carbonyl (C=O) groups is 1. The van der Waals surface area contributed by atoms with E-state index in [1.165, 1.54) is 11.8 Å². The Morgan fingerprint density at radius 3 is 3.17 bits per heavy atom. The van der Waals surface area contributed by atoms with Gasteiger partial charge in [-0.2, -0.15) is 11.3 Å². The van der Waals surface area contributed by atoms with Gasteiger partial charge in [0.1, 0.15) is 0 Å². The second-order valence-corrected chi connectivity index (χ2v) is 4.03. The van der Waals surface area contributed by atoms with Crippen molar-refractivity contribution in [3.05, 3.63) is 22.4 Å². The highest BCUT2D eigenvalue weighted by Crippen LogP contribution is 2.04. The molecule has 0 bridgehead atoms. The first-order valence-corrected chi connectivity index (χ1v) is 5.36. The van der Waals surface area contributed by atoms with Crippen LogP contribution in [-0.4, -0.2) is 10.9 Å². The van der Waals surface area contributed by atoms with Gasteiger partial charge in [-0.05, 0) is 11.4 Å². The number of hydrogen-bond donors (Lipinski definition) is 0. The van der Waals surface area contributed by atoms with Crippen LogP contribution in [0.4, 0.5) is 0 Å². The molecule has 0 atom stereocenters. The van der Waals surface area contributed by atoms with Crippen LogP contribution in [0, 0.1) is 11.8 Å². The van der Waals surface area contributed by atoms with E-state index in [2.05, 4.69) is 11.8 Å². The monoisotopic (exact) mass is 196 g/mol. The fourth-order valence-corrected chi connectivity index (χ4v) is 1.55. The highest BCUT2D eigenvalue weighted by atomic mass is 32.2. The molecule has 0 aliphatic rings. The highest BCUT2D eigenvalue weighted by Gasteiger charge is 1.88. The summed E-state index contributed by atoms with van der Waals surface area (Å²) in [5.74, 6) is 6.47. The second kappa shape index (κ2) is 5.02. The summed E-state index contributed by atoms with van der Waals surface area (Å²) in [6.07, 6.45) is 0. The maximum absolute atomic E-state index is 10.5. The summed E-state index contributed by atoms with van der Waals surface area (Å²) in [6, 6.07) is 1.97. The molecule has 0 saturated heterocycles. The molecule has 0 fully saturated rings. The average molecular weight is 196 g/mol. The van der Waals surface area contributed by atoms with E-state index in [0.717, 1.165) is 5.56 Å². The van der Waals surface area contributed by atoms with Crippen molar-refractivity contribution >= 4 is 28.2 Å². The molecule has 1 nitrogen and oxygen atoms in total. The van der Waals surface area contributed by atoms with E-state index in [0.29, 0.717) is 5.75 Å². The predicted octanol–water partition coefficient (Wildman–Crippen LogP) is 2.38. The van der Waals surface area contributed by atoms with Crippen LogP contribution in [0.15, 0.2) is 16.8 Å². The molecule has 0 spiro atoms. The molecule has 0 N–H and O–H groups in total. The fourth-order valence-electron chi connectivity index (χ4n) is 0.611. The molecule has 3 heteroatoms. The van der Waals surface area contributed by atoms with Gasteiger partial charge in [0.25, 0.3) is 0 Å². The molecule has 1 aromatic rings. The van der Waals surface area contributed by atoms with Gasteiger partial charge in [-0.1, -0.05) is 23.6 Å². The van der Waals surface area contributed by atoms with E-state index in [4.69, 9.17) is 0 Å². The Hall–Kier alpha value is -0.720. The summed E-state index contributed by atoms with van der Waals surface area (Å²) in [4.78, 5) is 10.5. The lowest BCUT2D eigenvalue weighted by Gasteiger charge is -1.83. The van der Waals surface area contributed by atoms with Crippen molar-refractivity contribution in [1.82, 2.24) is 0 Å². The zero-order valence-corrected chi connectivity index (χ0v) is 8.30. The standard InChI is InChI=1S/C9H8OS2/c1-8(10)12-5-2-3-9-4-6-11-7-9/h4,6-7H,5H2,1H3. The Labute approximate surface area is 80.2 Å². The predicted molar refractivity (Wildman–Crippen MR) is 54.3 cm³/mol. The normalized spacial score (nSPS) is 8.75. The number of hydrogen-bond acceptors (Lipinski definition) is 3. The second-order valence-electron chi connectivity index (χ2n) is 2.09. The number of rotatable bonds is 1. The minimum absolute atomic E-state index is 0.120. The van der Waals surface area contributed by atoms with Crippen molar-refractivity contribution in [3.63, 3.8) is 0 Å². The average Bonchev–Trinajstić information content (AvgIpc) is 2.49. The van der Waals surface area contributed by atoms with Crippen molar-refractivity contribution in [1.29, 1.82) is 0 Å². The van der Waals surface area contributed by atoms with Crippen LogP contribution in [-0.2, 0) is 4.79 Å². The summed E-state index contributed by atoms with van der Waals surface area (Å²) in [6.45, 7) is 1.55. The molecule has 0 radical (unpaired) electrons. The summed E-state index contributed by atoms with van der Waals surface area (Å²) in [7, 11) is 0. The van der Waals surface area contributed by atoms with Gasteiger partial charge < -0.3 is 0 Å². The molecule has 1 heterocycles. The molecule has 12 heavy (non-hydrogen) atoms. The lowest BCUT2D eigenvalue weighted by atomic mass is 10.3. The van der Waals surface area contributed by atoms with Crippen molar-refractivity contribution in [2.45, 2.75) is 6.92 Å². The van der Waals surface area contributed by atoms with E-state index in [1.54, 1.807) is 18.3 Å². The zero-order chi connectivity index (χ0) is 8.81. The Bertz CT molecular complexity index is 303. The van der Waals surface area contributed by atoms with Crippen LogP contribution in [0.3, 0.4) is 0 Å². The van der Waals surface area contributed by atoms with E-state index in [-0.39, 0.29) is 5.12 Å². The molecule has 0 amide bonds. The maximum Gasteiger partial charge on any atom is 0.186 e. The van der Waals surface area contributed by atoms with Gasteiger partial charge in [0, 0.05) is 17.9 Å². The van der Waals surface area contributed by atoms with E-state index < -0.39 is 0 Å². The molecule has 1 rings (SSSR count). The fraction of sp³-hybridized carbons (Fsp3) is 0.222. The third kappa shape index (κ3) is 3.61. The van der Waals surface area contributed by atoms with E-state index in [1.807, 2.05) is 16.8 Å². The highest BCUT2D eigenvalue weighted by molar-refractivity contribution is 8.13. The van der Waals surface area contributed by atoms with Crippen LogP contribution >= 0.6 is 23.1 Å². The summed E-state index contributed by atoms with van der Waals surface area (Å²) in [5, 5.41) is 4.10. The maximum atomic E-state index is 10.5. The number of thioether (sulfide) groups is 1. The molecule has 0 aromatic carbocycles. The number of carbonyl (C=O) groups excluding carboxylic acids is 1. The quantitative estimate of drug-likeness (QED) is 0.641. The Balaban J connectivity index is 2.35. The van der Waals surface area contributed by atoms with Gasteiger partial charge in [-0.3, -0.25) is 4.79 Å². The van der Waals surface area contributed by atoms with Gasteiger partial charge in [0.05, 0.1) is 5.75 Å². The first kappa shape index (κ1) is 9.37. The van der Waals surface area contributed by atoms with E-state index in [9.17, 15) is 4.79 Å². The molecule has 62 valence electrons. The van der Waals surface area contributed by atoms with Crippen LogP contribution in [0.1, 0.15) is 12.5 Å². The third-order valence-electron chi connectivity index (χ3n) is 1.10. The topological polar surface area (TPSA) is 17.1 Å². The minimum atomic E-state index is 0.120. The van der Waals surface area contributed by atoms with Crippen molar-refractivity contribution in [2.24, 2.45) is 0 Å².